The molecule has 0 aliphatic heterocycles. The summed E-state index contributed by atoms with van der Waals surface area (Å²) in [6, 6.07) is 22.1. The average molecular weight is 424 g/mol. The highest BCUT2D eigenvalue weighted by molar-refractivity contribution is 5.80. The zero-order chi connectivity index (χ0) is 22.3. The second-order valence-corrected chi connectivity index (χ2v) is 7.11. The highest BCUT2D eigenvalue weighted by Crippen LogP contribution is 2.34. The van der Waals surface area contributed by atoms with Gasteiger partial charge in [0, 0.05) is 0 Å². The molecular formula is C25H25FO5. The van der Waals surface area contributed by atoms with E-state index < -0.39 is 23.5 Å². The molecule has 0 saturated carbocycles. The Balaban J connectivity index is 1.79. The Labute approximate surface area is 181 Å². The fourth-order valence-corrected chi connectivity index (χ4v) is 3.04. The summed E-state index contributed by atoms with van der Waals surface area (Å²) in [4.78, 5) is 12.7. The van der Waals surface area contributed by atoms with Crippen LogP contribution in [-0.4, -0.2) is 23.3 Å². The van der Waals surface area contributed by atoms with E-state index in [1.807, 2.05) is 30.3 Å². The molecule has 1 N–H and O–H groups in total. The lowest BCUT2D eigenvalue weighted by molar-refractivity contribution is -0.171. The number of para-hydroxylation sites is 1. The molecule has 6 heteroatoms. The van der Waals surface area contributed by atoms with E-state index in [1.165, 1.54) is 25.1 Å². The molecule has 0 saturated heterocycles. The average Bonchev–Trinajstić information content (AvgIpc) is 2.80. The lowest BCUT2D eigenvalue weighted by Crippen LogP contribution is -2.48. The number of carbonyl (C=O) groups is 1. The van der Waals surface area contributed by atoms with Crippen molar-refractivity contribution < 1.29 is 28.5 Å². The molecule has 0 heterocycles. The van der Waals surface area contributed by atoms with E-state index in [2.05, 4.69) is 0 Å². The summed E-state index contributed by atoms with van der Waals surface area (Å²) in [5, 5.41) is 11.0. The number of ether oxygens (including phenoxy) is 3. The largest absolute Gasteiger partial charge is 0.489 e. The monoisotopic (exact) mass is 424 g/mol. The van der Waals surface area contributed by atoms with Crippen LogP contribution in [0.1, 0.15) is 31.1 Å². The van der Waals surface area contributed by atoms with Crippen LogP contribution in [0.3, 0.4) is 0 Å². The smallest absolute Gasteiger partial charge is 0.353 e. The van der Waals surface area contributed by atoms with Crippen molar-refractivity contribution in [2.45, 2.75) is 32.2 Å². The molecule has 0 aliphatic rings. The molecule has 162 valence electrons. The maximum Gasteiger partial charge on any atom is 0.353 e. The SMILES string of the molecule is CCOC(=O)C(C)(Oc1ccccc1F)C(O)c1ccc(OCc2ccccc2)cc1. The molecule has 0 spiro atoms. The molecule has 0 amide bonds. The Hall–Kier alpha value is -3.38. The van der Waals surface area contributed by atoms with Gasteiger partial charge >= 0.3 is 5.97 Å². The van der Waals surface area contributed by atoms with Crippen LogP contribution in [0, 0.1) is 5.82 Å². The van der Waals surface area contributed by atoms with E-state index in [-0.39, 0.29) is 12.4 Å². The Morgan fingerprint density at radius 2 is 1.65 bits per heavy atom. The fourth-order valence-electron chi connectivity index (χ4n) is 3.04. The van der Waals surface area contributed by atoms with Crippen molar-refractivity contribution in [3.05, 3.63) is 95.8 Å². The Kier molecular flexibility index (Phi) is 7.26. The third-order valence-corrected chi connectivity index (χ3v) is 4.81. The van der Waals surface area contributed by atoms with E-state index >= 15 is 0 Å². The van der Waals surface area contributed by atoms with E-state index in [9.17, 15) is 14.3 Å². The molecule has 0 fully saturated rings. The highest BCUT2D eigenvalue weighted by atomic mass is 19.1. The van der Waals surface area contributed by atoms with Crippen molar-refractivity contribution in [3.8, 4) is 11.5 Å². The zero-order valence-electron chi connectivity index (χ0n) is 17.5. The summed E-state index contributed by atoms with van der Waals surface area (Å²) >= 11 is 0. The van der Waals surface area contributed by atoms with E-state index in [4.69, 9.17) is 14.2 Å². The first kappa shape index (κ1) is 22.3. The highest BCUT2D eigenvalue weighted by Gasteiger charge is 2.46. The molecule has 31 heavy (non-hydrogen) atoms. The minimum Gasteiger partial charge on any atom is -0.489 e. The van der Waals surface area contributed by atoms with Gasteiger partial charge in [0.05, 0.1) is 6.61 Å². The maximum atomic E-state index is 14.1. The molecule has 2 atom stereocenters. The topological polar surface area (TPSA) is 65.0 Å². The first-order chi connectivity index (χ1) is 14.9. The molecule has 3 rings (SSSR count). The third kappa shape index (κ3) is 5.41. The van der Waals surface area contributed by atoms with Crippen LogP contribution in [-0.2, 0) is 16.1 Å². The number of carbonyl (C=O) groups excluding carboxylic acids is 1. The second-order valence-electron chi connectivity index (χ2n) is 7.11. The minimum atomic E-state index is -1.86. The number of aliphatic hydroxyl groups excluding tert-OH is 1. The number of hydrogen-bond donors (Lipinski definition) is 1. The van der Waals surface area contributed by atoms with E-state index in [0.717, 1.165) is 5.56 Å². The number of hydrogen-bond acceptors (Lipinski definition) is 5. The Morgan fingerprint density at radius 3 is 2.29 bits per heavy atom. The summed E-state index contributed by atoms with van der Waals surface area (Å²) in [5.41, 5.74) is -0.427. The number of rotatable bonds is 9. The molecule has 3 aromatic rings. The van der Waals surface area contributed by atoms with Gasteiger partial charge in [-0.25, -0.2) is 9.18 Å². The molecule has 0 bridgehead atoms. The Bertz CT molecular complexity index is 990. The van der Waals surface area contributed by atoms with Crippen LogP contribution in [0.25, 0.3) is 0 Å². The van der Waals surface area contributed by atoms with Gasteiger partial charge in [0.25, 0.3) is 0 Å². The first-order valence-corrected chi connectivity index (χ1v) is 9.99. The van der Waals surface area contributed by atoms with Crippen molar-refractivity contribution in [3.63, 3.8) is 0 Å². The number of esters is 1. The molecule has 5 nitrogen and oxygen atoms in total. The van der Waals surface area contributed by atoms with Crippen LogP contribution < -0.4 is 9.47 Å². The van der Waals surface area contributed by atoms with Gasteiger partial charge in [-0.1, -0.05) is 54.6 Å². The van der Waals surface area contributed by atoms with Gasteiger partial charge < -0.3 is 19.3 Å². The van der Waals surface area contributed by atoms with Crippen molar-refractivity contribution in [1.29, 1.82) is 0 Å². The number of halogens is 1. The van der Waals surface area contributed by atoms with Gasteiger partial charge in [-0.3, -0.25) is 0 Å². The second kappa shape index (κ2) is 10.1. The molecule has 2 unspecified atom stereocenters. The summed E-state index contributed by atoms with van der Waals surface area (Å²) in [6.07, 6.45) is -1.41. The van der Waals surface area contributed by atoms with E-state index in [1.54, 1.807) is 37.3 Å². The Morgan fingerprint density at radius 1 is 1.00 bits per heavy atom. The molecule has 3 aromatic carbocycles. The summed E-state index contributed by atoms with van der Waals surface area (Å²) in [6.45, 7) is 3.52. The lowest BCUT2D eigenvalue weighted by atomic mass is 9.92. The van der Waals surface area contributed by atoms with Crippen molar-refractivity contribution in [2.75, 3.05) is 6.61 Å². The quantitative estimate of drug-likeness (QED) is 0.498. The first-order valence-electron chi connectivity index (χ1n) is 9.99. The minimum absolute atomic E-state index is 0.0913. The third-order valence-electron chi connectivity index (χ3n) is 4.81. The molecule has 0 aliphatic carbocycles. The summed E-state index contributed by atoms with van der Waals surface area (Å²) in [7, 11) is 0. The maximum absolute atomic E-state index is 14.1. The van der Waals surface area contributed by atoms with Crippen LogP contribution in [0.4, 0.5) is 4.39 Å². The predicted molar refractivity (Wildman–Crippen MR) is 114 cm³/mol. The normalized spacial score (nSPS) is 13.7. The molecule has 0 radical (unpaired) electrons. The number of benzene rings is 3. The molecule has 0 aromatic heterocycles. The van der Waals surface area contributed by atoms with Crippen molar-refractivity contribution >= 4 is 5.97 Å². The van der Waals surface area contributed by atoms with Crippen LogP contribution in [0.5, 0.6) is 11.5 Å². The van der Waals surface area contributed by atoms with Gasteiger partial charge in [0.2, 0.25) is 5.60 Å². The van der Waals surface area contributed by atoms with Crippen LogP contribution in [0.2, 0.25) is 0 Å². The standard InChI is InChI=1S/C25H25FO5/c1-3-29-24(28)25(2,31-22-12-8-7-11-21(22)26)23(27)19-13-15-20(16-14-19)30-17-18-9-5-4-6-10-18/h4-16,23,27H,3,17H2,1-2H3. The summed E-state index contributed by atoms with van der Waals surface area (Å²) in [5.74, 6) is -0.988. The van der Waals surface area contributed by atoms with Crippen LogP contribution >= 0.6 is 0 Å². The zero-order valence-corrected chi connectivity index (χ0v) is 17.5. The van der Waals surface area contributed by atoms with Crippen LogP contribution in [0.15, 0.2) is 78.9 Å². The lowest BCUT2D eigenvalue weighted by Gasteiger charge is -2.33. The van der Waals surface area contributed by atoms with Crippen molar-refractivity contribution in [2.24, 2.45) is 0 Å². The predicted octanol–water partition coefficient (Wildman–Crippen LogP) is 4.84. The van der Waals surface area contributed by atoms with E-state index in [0.29, 0.717) is 17.9 Å². The molecular weight excluding hydrogens is 399 g/mol. The van der Waals surface area contributed by atoms with Crippen molar-refractivity contribution in [1.82, 2.24) is 0 Å². The summed E-state index contributed by atoms with van der Waals surface area (Å²) < 4.78 is 30.7. The fraction of sp³-hybridized carbons (Fsp3) is 0.240. The van der Waals surface area contributed by atoms with Gasteiger partial charge in [-0.05, 0) is 49.2 Å². The van der Waals surface area contributed by atoms with Gasteiger partial charge in [0.1, 0.15) is 18.5 Å². The number of aliphatic hydroxyl groups is 1. The van der Waals surface area contributed by atoms with Gasteiger partial charge in [0.15, 0.2) is 11.6 Å². The van der Waals surface area contributed by atoms with Gasteiger partial charge in [-0.15, -0.1) is 0 Å². The van der Waals surface area contributed by atoms with Gasteiger partial charge in [-0.2, -0.15) is 0 Å².